The van der Waals surface area contributed by atoms with Gasteiger partial charge < -0.3 is 10.2 Å². The third kappa shape index (κ3) is 1.45. The molecule has 0 atom stereocenters. The number of fused-ring (bicyclic) bond motifs is 1. The standard InChI is InChI=1S/C11H9N3OS/c1-6-13-9(5-16-6)11-14-8-4-7(12)2-3-10(8)15-11/h2-5H,12H2,1H3. The molecule has 1 aromatic carbocycles. The number of hydrogen-bond acceptors (Lipinski definition) is 5. The summed E-state index contributed by atoms with van der Waals surface area (Å²) in [6.07, 6.45) is 0. The van der Waals surface area contributed by atoms with E-state index in [2.05, 4.69) is 9.97 Å². The van der Waals surface area contributed by atoms with Gasteiger partial charge in [-0.1, -0.05) is 0 Å². The molecule has 0 amide bonds. The van der Waals surface area contributed by atoms with Gasteiger partial charge >= 0.3 is 0 Å². The summed E-state index contributed by atoms with van der Waals surface area (Å²) in [5, 5.41) is 2.93. The molecule has 4 nitrogen and oxygen atoms in total. The van der Waals surface area contributed by atoms with Crippen molar-refractivity contribution < 1.29 is 4.42 Å². The van der Waals surface area contributed by atoms with Crippen LogP contribution in [0.2, 0.25) is 0 Å². The van der Waals surface area contributed by atoms with Gasteiger partial charge in [-0.3, -0.25) is 0 Å². The maximum atomic E-state index is 5.68. The maximum absolute atomic E-state index is 5.68. The lowest BCUT2D eigenvalue weighted by Crippen LogP contribution is -1.82. The number of hydrogen-bond donors (Lipinski definition) is 1. The van der Waals surface area contributed by atoms with Crippen molar-refractivity contribution in [1.82, 2.24) is 9.97 Å². The topological polar surface area (TPSA) is 64.9 Å². The Bertz CT molecular complexity index is 656. The summed E-state index contributed by atoms with van der Waals surface area (Å²) < 4.78 is 5.60. The maximum Gasteiger partial charge on any atom is 0.247 e. The van der Waals surface area contributed by atoms with Crippen LogP contribution in [-0.2, 0) is 0 Å². The van der Waals surface area contributed by atoms with Crippen LogP contribution >= 0.6 is 11.3 Å². The molecule has 0 radical (unpaired) electrons. The number of nitrogen functional groups attached to an aromatic ring is 1. The summed E-state index contributed by atoms with van der Waals surface area (Å²) in [7, 11) is 0. The Morgan fingerprint density at radius 1 is 1.31 bits per heavy atom. The summed E-state index contributed by atoms with van der Waals surface area (Å²) in [6, 6.07) is 5.41. The van der Waals surface area contributed by atoms with Crippen LogP contribution < -0.4 is 5.73 Å². The van der Waals surface area contributed by atoms with Gasteiger partial charge in [0, 0.05) is 11.1 Å². The molecule has 3 aromatic rings. The zero-order chi connectivity index (χ0) is 11.1. The molecule has 3 rings (SSSR count). The zero-order valence-electron chi connectivity index (χ0n) is 8.60. The van der Waals surface area contributed by atoms with Crippen LogP contribution in [0.25, 0.3) is 22.7 Å². The molecule has 0 unspecified atom stereocenters. The number of nitrogens with two attached hydrogens (primary N) is 1. The Labute approximate surface area is 95.7 Å². The molecular weight excluding hydrogens is 222 g/mol. The molecule has 0 bridgehead atoms. The van der Waals surface area contributed by atoms with E-state index in [9.17, 15) is 0 Å². The van der Waals surface area contributed by atoms with E-state index in [-0.39, 0.29) is 0 Å². The molecule has 0 spiro atoms. The molecule has 0 fully saturated rings. The molecule has 2 heterocycles. The highest BCUT2D eigenvalue weighted by atomic mass is 32.1. The fraction of sp³-hybridized carbons (Fsp3) is 0.0909. The quantitative estimate of drug-likeness (QED) is 0.654. The van der Waals surface area contributed by atoms with Gasteiger partial charge in [-0.05, 0) is 25.1 Å². The van der Waals surface area contributed by atoms with Crippen LogP contribution in [0, 0.1) is 6.92 Å². The van der Waals surface area contributed by atoms with Crippen LogP contribution in [-0.4, -0.2) is 9.97 Å². The molecule has 0 aliphatic rings. The van der Waals surface area contributed by atoms with Crippen LogP contribution in [0.4, 0.5) is 5.69 Å². The summed E-state index contributed by atoms with van der Waals surface area (Å²) in [5.41, 5.74) is 8.63. The number of thiazole rings is 1. The molecule has 0 saturated heterocycles. The van der Waals surface area contributed by atoms with Gasteiger partial charge in [0.1, 0.15) is 11.2 Å². The van der Waals surface area contributed by atoms with E-state index in [1.54, 1.807) is 23.5 Å². The first-order valence-corrected chi connectivity index (χ1v) is 5.69. The second kappa shape index (κ2) is 3.31. The molecule has 2 aromatic heterocycles. The number of aromatic nitrogens is 2. The summed E-state index contributed by atoms with van der Waals surface area (Å²) in [4.78, 5) is 8.68. The Morgan fingerprint density at radius 3 is 2.94 bits per heavy atom. The first kappa shape index (κ1) is 9.35. The van der Waals surface area contributed by atoms with Gasteiger partial charge in [0.25, 0.3) is 0 Å². The molecule has 16 heavy (non-hydrogen) atoms. The SMILES string of the molecule is Cc1nc(-c2nc3cc(N)ccc3o2)cs1. The molecule has 0 aliphatic carbocycles. The van der Waals surface area contributed by atoms with Crippen molar-refractivity contribution in [2.24, 2.45) is 0 Å². The molecule has 0 aliphatic heterocycles. The second-order valence-electron chi connectivity index (χ2n) is 3.50. The minimum Gasteiger partial charge on any atom is -0.435 e. The molecule has 0 saturated carbocycles. The van der Waals surface area contributed by atoms with Gasteiger partial charge in [0.2, 0.25) is 5.89 Å². The summed E-state index contributed by atoms with van der Waals surface area (Å²) in [5.74, 6) is 0.546. The van der Waals surface area contributed by atoms with E-state index < -0.39 is 0 Å². The lowest BCUT2D eigenvalue weighted by Gasteiger charge is -1.88. The summed E-state index contributed by atoms with van der Waals surface area (Å²) in [6.45, 7) is 1.95. The third-order valence-electron chi connectivity index (χ3n) is 2.25. The highest BCUT2D eigenvalue weighted by Gasteiger charge is 2.10. The number of rotatable bonds is 1. The van der Waals surface area contributed by atoms with E-state index in [4.69, 9.17) is 10.2 Å². The number of benzene rings is 1. The predicted molar refractivity (Wildman–Crippen MR) is 64.3 cm³/mol. The third-order valence-corrected chi connectivity index (χ3v) is 3.02. The van der Waals surface area contributed by atoms with Crippen molar-refractivity contribution in [3.05, 3.63) is 28.6 Å². The van der Waals surface area contributed by atoms with Crippen LogP contribution in [0.3, 0.4) is 0 Å². The lowest BCUT2D eigenvalue weighted by atomic mass is 10.3. The minimum absolute atomic E-state index is 0.546. The number of anilines is 1. The first-order chi connectivity index (χ1) is 7.72. The van der Waals surface area contributed by atoms with Crippen molar-refractivity contribution in [3.63, 3.8) is 0 Å². The van der Waals surface area contributed by atoms with Gasteiger partial charge in [-0.25, -0.2) is 9.97 Å². The van der Waals surface area contributed by atoms with Crippen molar-refractivity contribution in [1.29, 1.82) is 0 Å². The van der Waals surface area contributed by atoms with Crippen molar-refractivity contribution >= 4 is 28.1 Å². The zero-order valence-corrected chi connectivity index (χ0v) is 9.41. The Morgan fingerprint density at radius 2 is 2.19 bits per heavy atom. The van der Waals surface area contributed by atoms with Crippen molar-refractivity contribution in [3.8, 4) is 11.6 Å². The smallest absolute Gasteiger partial charge is 0.247 e. The fourth-order valence-electron chi connectivity index (χ4n) is 1.52. The first-order valence-electron chi connectivity index (χ1n) is 4.81. The number of oxazole rings is 1. The average Bonchev–Trinajstić information content (AvgIpc) is 2.83. The fourth-order valence-corrected chi connectivity index (χ4v) is 2.10. The molecule has 2 N–H and O–H groups in total. The Balaban J connectivity index is 2.18. The molecule has 5 heteroatoms. The molecule has 80 valence electrons. The predicted octanol–water partition coefficient (Wildman–Crippen LogP) is 2.84. The summed E-state index contributed by atoms with van der Waals surface area (Å²) >= 11 is 1.58. The van der Waals surface area contributed by atoms with E-state index in [0.717, 1.165) is 21.8 Å². The van der Waals surface area contributed by atoms with Crippen molar-refractivity contribution in [2.75, 3.05) is 5.73 Å². The van der Waals surface area contributed by atoms with Gasteiger partial charge in [-0.15, -0.1) is 11.3 Å². The van der Waals surface area contributed by atoms with Crippen LogP contribution in [0.1, 0.15) is 5.01 Å². The Kier molecular flexibility index (Phi) is 1.94. The number of nitrogens with zero attached hydrogens (tertiary/aromatic N) is 2. The largest absolute Gasteiger partial charge is 0.435 e. The van der Waals surface area contributed by atoms with Gasteiger partial charge in [-0.2, -0.15) is 0 Å². The number of aryl methyl sites for hydroxylation is 1. The monoisotopic (exact) mass is 231 g/mol. The molecular formula is C11H9N3OS. The van der Waals surface area contributed by atoms with Crippen LogP contribution in [0.15, 0.2) is 28.0 Å². The highest BCUT2D eigenvalue weighted by Crippen LogP contribution is 2.26. The van der Waals surface area contributed by atoms with Crippen LogP contribution in [0.5, 0.6) is 0 Å². The average molecular weight is 231 g/mol. The normalized spacial score (nSPS) is 11.1. The Hall–Kier alpha value is -1.88. The van der Waals surface area contributed by atoms with E-state index in [1.807, 2.05) is 18.4 Å². The second-order valence-corrected chi connectivity index (χ2v) is 4.56. The lowest BCUT2D eigenvalue weighted by molar-refractivity contribution is 0.617. The van der Waals surface area contributed by atoms with E-state index in [0.29, 0.717) is 11.6 Å². The van der Waals surface area contributed by atoms with Gasteiger partial charge in [0.15, 0.2) is 5.58 Å². The van der Waals surface area contributed by atoms with Crippen molar-refractivity contribution in [2.45, 2.75) is 6.92 Å². The van der Waals surface area contributed by atoms with E-state index >= 15 is 0 Å². The van der Waals surface area contributed by atoms with E-state index in [1.165, 1.54) is 0 Å². The van der Waals surface area contributed by atoms with Gasteiger partial charge in [0.05, 0.1) is 5.01 Å². The minimum atomic E-state index is 0.546. The highest BCUT2D eigenvalue weighted by molar-refractivity contribution is 7.09.